The van der Waals surface area contributed by atoms with Crippen LogP contribution in [0.25, 0.3) is 0 Å². The minimum absolute atomic E-state index is 0.717. The Morgan fingerprint density at radius 2 is 2.11 bits per heavy atom. The largest absolute Gasteiger partial charge is 0.373 e. The van der Waals surface area contributed by atoms with E-state index in [0.29, 0.717) is 5.56 Å². The lowest BCUT2D eigenvalue weighted by Gasteiger charge is -2.20. The van der Waals surface area contributed by atoms with Crippen LogP contribution in [0.2, 0.25) is 0 Å². The van der Waals surface area contributed by atoms with Gasteiger partial charge in [0.2, 0.25) is 0 Å². The summed E-state index contributed by atoms with van der Waals surface area (Å²) in [4.78, 5) is 6.42. The molecular formula is C16H17N3. The summed E-state index contributed by atoms with van der Waals surface area (Å²) in [7, 11) is 2.01. The Morgan fingerprint density at radius 1 is 1.26 bits per heavy atom. The van der Waals surface area contributed by atoms with Gasteiger partial charge in [-0.25, -0.2) is 0 Å². The molecule has 3 nitrogen and oxygen atoms in total. The fraction of sp³-hybridized carbons (Fsp3) is 0.250. The summed E-state index contributed by atoms with van der Waals surface area (Å²) >= 11 is 0. The molecule has 0 aliphatic rings. The number of hydrogen-bond donors (Lipinski definition) is 0. The maximum absolute atomic E-state index is 9.15. The van der Waals surface area contributed by atoms with Gasteiger partial charge in [0.05, 0.1) is 11.3 Å². The molecule has 0 aliphatic carbocycles. The quantitative estimate of drug-likeness (QED) is 0.838. The predicted molar refractivity (Wildman–Crippen MR) is 77.1 cm³/mol. The number of anilines is 1. The molecule has 0 bridgehead atoms. The summed E-state index contributed by atoms with van der Waals surface area (Å²) in [5.74, 6) is 0. The SMILES string of the molecule is Cc1ccc(C#N)c(N(C)CCc2ccccn2)c1. The van der Waals surface area contributed by atoms with Crippen LogP contribution in [0.3, 0.4) is 0 Å². The second-order valence-electron chi connectivity index (χ2n) is 4.63. The van der Waals surface area contributed by atoms with Gasteiger partial charge in [-0.15, -0.1) is 0 Å². The molecule has 1 aromatic carbocycles. The van der Waals surface area contributed by atoms with E-state index in [1.54, 1.807) is 0 Å². The molecule has 0 atom stereocenters. The van der Waals surface area contributed by atoms with Crippen LogP contribution < -0.4 is 4.90 Å². The molecule has 0 saturated heterocycles. The highest BCUT2D eigenvalue weighted by Gasteiger charge is 2.07. The standard InChI is InChI=1S/C16H17N3/c1-13-6-7-14(12-17)16(11-13)19(2)10-8-15-5-3-4-9-18-15/h3-7,9,11H,8,10H2,1-2H3. The summed E-state index contributed by atoms with van der Waals surface area (Å²) in [6, 6.07) is 14.1. The second kappa shape index (κ2) is 6.01. The molecule has 2 aromatic rings. The first-order valence-electron chi connectivity index (χ1n) is 6.32. The van der Waals surface area contributed by atoms with E-state index in [4.69, 9.17) is 5.26 Å². The maximum atomic E-state index is 9.15. The van der Waals surface area contributed by atoms with E-state index in [2.05, 4.69) is 22.0 Å². The van der Waals surface area contributed by atoms with Crippen molar-refractivity contribution >= 4 is 5.69 Å². The molecule has 0 amide bonds. The van der Waals surface area contributed by atoms with Crippen molar-refractivity contribution in [2.45, 2.75) is 13.3 Å². The van der Waals surface area contributed by atoms with Crippen LogP contribution >= 0.6 is 0 Å². The summed E-state index contributed by atoms with van der Waals surface area (Å²) in [5.41, 5.74) is 3.94. The Balaban J connectivity index is 2.10. The Bertz CT molecular complexity index is 585. The van der Waals surface area contributed by atoms with Gasteiger partial charge in [0.25, 0.3) is 0 Å². The van der Waals surface area contributed by atoms with Gasteiger partial charge in [-0.2, -0.15) is 5.26 Å². The van der Waals surface area contributed by atoms with Crippen LogP contribution in [0.5, 0.6) is 0 Å². The van der Waals surface area contributed by atoms with Crippen molar-refractivity contribution in [3.05, 3.63) is 59.4 Å². The Morgan fingerprint density at radius 3 is 2.79 bits per heavy atom. The molecule has 96 valence electrons. The minimum atomic E-state index is 0.717. The zero-order chi connectivity index (χ0) is 13.7. The van der Waals surface area contributed by atoms with Crippen molar-refractivity contribution in [2.75, 3.05) is 18.5 Å². The van der Waals surface area contributed by atoms with E-state index in [1.807, 2.05) is 50.5 Å². The molecular weight excluding hydrogens is 234 g/mol. The van der Waals surface area contributed by atoms with Crippen molar-refractivity contribution in [2.24, 2.45) is 0 Å². The smallest absolute Gasteiger partial charge is 0.101 e. The van der Waals surface area contributed by atoms with Crippen LogP contribution in [0, 0.1) is 18.3 Å². The van der Waals surface area contributed by atoms with Gasteiger partial charge >= 0.3 is 0 Å². The lowest BCUT2D eigenvalue weighted by molar-refractivity contribution is 0.851. The van der Waals surface area contributed by atoms with Gasteiger partial charge in [0.1, 0.15) is 6.07 Å². The van der Waals surface area contributed by atoms with Gasteiger partial charge in [-0.05, 0) is 36.8 Å². The lowest BCUT2D eigenvalue weighted by atomic mass is 10.1. The Labute approximate surface area is 114 Å². The normalized spacial score (nSPS) is 9.95. The van der Waals surface area contributed by atoms with Crippen LogP contribution in [-0.2, 0) is 6.42 Å². The lowest BCUT2D eigenvalue weighted by Crippen LogP contribution is -2.21. The fourth-order valence-electron chi connectivity index (χ4n) is 2.00. The van der Waals surface area contributed by atoms with Crippen LogP contribution in [0.15, 0.2) is 42.6 Å². The van der Waals surface area contributed by atoms with E-state index >= 15 is 0 Å². The number of pyridine rings is 1. The van der Waals surface area contributed by atoms with E-state index in [0.717, 1.165) is 24.3 Å². The third-order valence-corrected chi connectivity index (χ3v) is 3.11. The number of aromatic nitrogens is 1. The number of aryl methyl sites for hydroxylation is 1. The summed E-state index contributed by atoms with van der Waals surface area (Å²) in [6.07, 6.45) is 2.68. The summed E-state index contributed by atoms with van der Waals surface area (Å²) in [5, 5.41) is 9.15. The van der Waals surface area contributed by atoms with Gasteiger partial charge < -0.3 is 4.90 Å². The molecule has 0 N–H and O–H groups in total. The molecule has 1 heterocycles. The third-order valence-electron chi connectivity index (χ3n) is 3.11. The van der Waals surface area contributed by atoms with E-state index in [-0.39, 0.29) is 0 Å². The van der Waals surface area contributed by atoms with E-state index in [9.17, 15) is 0 Å². The Kier molecular flexibility index (Phi) is 4.15. The highest BCUT2D eigenvalue weighted by atomic mass is 15.1. The average Bonchev–Trinajstić information content (AvgIpc) is 2.46. The molecule has 0 unspecified atom stereocenters. The fourth-order valence-corrected chi connectivity index (χ4v) is 2.00. The zero-order valence-electron chi connectivity index (χ0n) is 11.3. The second-order valence-corrected chi connectivity index (χ2v) is 4.63. The average molecular weight is 251 g/mol. The van der Waals surface area contributed by atoms with Crippen molar-refractivity contribution in [3.63, 3.8) is 0 Å². The van der Waals surface area contributed by atoms with E-state index < -0.39 is 0 Å². The molecule has 0 saturated carbocycles. The van der Waals surface area contributed by atoms with Crippen LogP contribution in [0.1, 0.15) is 16.8 Å². The van der Waals surface area contributed by atoms with Crippen molar-refractivity contribution in [1.82, 2.24) is 4.98 Å². The number of nitriles is 1. The first kappa shape index (κ1) is 13.1. The summed E-state index contributed by atoms with van der Waals surface area (Å²) in [6.45, 7) is 2.88. The topological polar surface area (TPSA) is 39.9 Å². The van der Waals surface area contributed by atoms with Crippen LogP contribution in [-0.4, -0.2) is 18.6 Å². The molecule has 2 rings (SSSR count). The van der Waals surface area contributed by atoms with Gasteiger partial charge in [-0.3, -0.25) is 4.98 Å². The zero-order valence-corrected chi connectivity index (χ0v) is 11.3. The van der Waals surface area contributed by atoms with Gasteiger partial charge in [0.15, 0.2) is 0 Å². The van der Waals surface area contributed by atoms with E-state index in [1.165, 1.54) is 5.56 Å². The van der Waals surface area contributed by atoms with Crippen LogP contribution in [0.4, 0.5) is 5.69 Å². The van der Waals surface area contributed by atoms with Gasteiger partial charge in [-0.1, -0.05) is 12.1 Å². The van der Waals surface area contributed by atoms with Crippen molar-refractivity contribution in [1.29, 1.82) is 5.26 Å². The van der Waals surface area contributed by atoms with Gasteiger partial charge in [0, 0.05) is 31.9 Å². The molecule has 19 heavy (non-hydrogen) atoms. The highest BCUT2D eigenvalue weighted by molar-refractivity contribution is 5.60. The first-order chi connectivity index (χ1) is 9.20. The number of benzene rings is 1. The van der Waals surface area contributed by atoms with Crippen molar-refractivity contribution < 1.29 is 0 Å². The number of rotatable bonds is 4. The molecule has 0 aliphatic heterocycles. The molecule has 1 aromatic heterocycles. The summed E-state index contributed by atoms with van der Waals surface area (Å²) < 4.78 is 0. The third kappa shape index (κ3) is 3.32. The van der Waals surface area contributed by atoms with Crippen molar-refractivity contribution in [3.8, 4) is 6.07 Å². The maximum Gasteiger partial charge on any atom is 0.101 e. The molecule has 0 radical (unpaired) electrons. The minimum Gasteiger partial charge on any atom is -0.373 e. The number of likely N-dealkylation sites (N-methyl/N-ethyl adjacent to an activating group) is 1. The first-order valence-corrected chi connectivity index (χ1v) is 6.32. The highest BCUT2D eigenvalue weighted by Crippen LogP contribution is 2.20. The Hall–Kier alpha value is -2.34. The monoisotopic (exact) mass is 251 g/mol. The predicted octanol–water partition coefficient (Wildman–Crippen LogP) is 2.94. The molecule has 3 heteroatoms. The molecule has 0 fully saturated rings. The molecule has 0 spiro atoms. The number of hydrogen-bond acceptors (Lipinski definition) is 3. The number of nitrogens with zero attached hydrogens (tertiary/aromatic N) is 3.